The van der Waals surface area contributed by atoms with Crippen LogP contribution in [0.3, 0.4) is 0 Å². The van der Waals surface area contributed by atoms with E-state index in [0.717, 1.165) is 24.7 Å². The van der Waals surface area contributed by atoms with Crippen LogP contribution in [0.1, 0.15) is 27.7 Å². The maximum absolute atomic E-state index is 6.32. The number of methoxy groups -OCH3 is 1. The van der Waals surface area contributed by atoms with Gasteiger partial charge in [0.15, 0.2) is 5.82 Å². The van der Waals surface area contributed by atoms with E-state index in [1.807, 2.05) is 24.3 Å². The number of hydrogen-bond donors (Lipinski definition) is 1. The maximum Gasteiger partial charge on any atom is 0.248 e. The number of nitrogen functional groups attached to an aromatic ring is 1. The molecule has 0 aliphatic rings. The molecule has 0 radical (unpaired) electrons. The van der Waals surface area contributed by atoms with Gasteiger partial charge in [0.1, 0.15) is 23.5 Å². The van der Waals surface area contributed by atoms with Gasteiger partial charge in [0, 0.05) is 13.1 Å². The molecule has 2 N–H and O–H groups in total. The van der Waals surface area contributed by atoms with Gasteiger partial charge in [-0.25, -0.2) is 4.98 Å². The summed E-state index contributed by atoms with van der Waals surface area (Å²) in [6, 6.07) is 7.30. The minimum atomic E-state index is 0.368. The molecule has 1 heterocycles. The number of nitrogens with zero attached hydrogens (tertiary/aromatic N) is 3. The van der Waals surface area contributed by atoms with Gasteiger partial charge in [0.2, 0.25) is 5.88 Å². The normalized spacial score (nSPS) is 11.0. The van der Waals surface area contributed by atoms with Gasteiger partial charge in [-0.3, -0.25) is 0 Å². The highest BCUT2D eigenvalue weighted by Gasteiger charge is 2.18. The van der Waals surface area contributed by atoms with E-state index in [-0.39, 0.29) is 0 Å². The summed E-state index contributed by atoms with van der Waals surface area (Å²) in [4.78, 5) is 10.8. The lowest BCUT2D eigenvalue weighted by Crippen LogP contribution is -2.32. The number of aromatic nitrogens is 2. The maximum atomic E-state index is 6.32. The molecule has 0 saturated heterocycles. The van der Waals surface area contributed by atoms with Gasteiger partial charge in [-0.05, 0) is 36.1 Å². The molecule has 0 spiro atoms. The predicted octanol–water partition coefficient (Wildman–Crippen LogP) is 3.98. The van der Waals surface area contributed by atoms with Crippen molar-refractivity contribution in [1.82, 2.24) is 9.97 Å². The Hall–Kier alpha value is -2.50. The Kier molecular flexibility index (Phi) is 6.44. The molecule has 0 saturated carbocycles. The van der Waals surface area contributed by atoms with Gasteiger partial charge in [-0.1, -0.05) is 27.7 Å². The molecule has 0 aliphatic heterocycles. The van der Waals surface area contributed by atoms with Crippen molar-refractivity contribution < 1.29 is 9.47 Å². The molecule has 6 nitrogen and oxygen atoms in total. The third kappa shape index (κ3) is 5.24. The van der Waals surface area contributed by atoms with E-state index in [0.29, 0.717) is 29.2 Å². The zero-order valence-electron chi connectivity index (χ0n) is 15.7. The second kappa shape index (κ2) is 8.55. The van der Waals surface area contributed by atoms with Crippen molar-refractivity contribution in [1.29, 1.82) is 0 Å². The standard InChI is InChI=1S/C19H28N4O2/c1-13(2)10-23(11-14(3)4)18-17(20)19(22-12-21-18)25-16-8-6-15(24-5)7-9-16/h6-9,12-14H,10-11,20H2,1-5H3. The third-order valence-electron chi connectivity index (χ3n) is 3.57. The minimum absolute atomic E-state index is 0.368. The fourth-order valence-electron chi connectivity index (χ4n) is 2.59. The topological polar surface area (TPSA) is 73.5 Å². The first kappa shape index (κ1) is 18.8. The van der Waals surface area contributed by atoms with E-state index in [9.17, 15) is 0 Å². The molecule has 0 unspecified atom stereocenters. The Bertz CT molecular complexity index is 662. The molecule has 0 amide bonds. The van der Waals surface area contributed by atoms with Gasteiger partial charge in [0.25, 0.3) is 0 Å². The molecular formula is C19H28N4O2. The van der Waals surface area contributed by atoms with Crippen LogP contribution in [0.25, 0.3) is 0 Å². The summed E-state index contributed by atoms with van der Waals surface area (Å²) >= 11 is 0. The first-order valence-electron chi connectivity index (χ1n) is 8.58. The van der Waals surface area contributed by atoms with E-state index < -0.39 is 0 Å². The van der Waals surface area contributed by atoms with Gasteiger partial charge in [-0.2, -0.15) is 4.98 Å². The van der Waals surface area contributed by atoms with Gasteiger partial charge < -0.3 is 20.1 Å². The largest absolute Gasteiger partial charge is 0.497 e. The molecule has 0 fully saturated rings. The van der Waals surface area contributed by atoms with E-state index in [1.165, 1.54) is 6.33 Å². The van der Waals surface area contributed by atoms with Crippen LogP contribution in [0.5, 0.6) is 17.4 Å². The fraction of sp³-hybridized carbons (Fsp3) is 0.474. The van der Waals surface area contributed by atoms with E-state index >= 15 is 0 Å². The van der Waals surface area contributed by atoms with Gasteiger partial charge in [0.05, 0.1) is 7.11 Å². The van der Waals surface area contributed by atoms with Crippen molar-refractivity contribution in [3.8, 4) is 17.4 Å². The Morgan fingerprint density at radius 2 is 1.52 bits per heavy atom. The van der Waals surface area contributed by atoms with Gasteiger partial charge in [-0.15, -0.1) is 0 Å². The van der Waals surface area contributed by atoms with Crippen LogP contribution in [0.2, 0.25) is 0 Å². The van der Waals surface area contributed by atoms with Crippen molar-refractivity contribution in [3.05, 3.63) is 30.6 Å². The summed E-state index contributed by atoms with van der Waals surface area (Å²) < 4.78 is 11.0. The van der Waals surface area contributed by atoms with Crippen molar-refractivity contribution in [3.63, 3.8) is 0 Å². The van der Waals surface area contributed by atoms with Crippen molar-refractivity contribution in [2.24, 2.45) is 11.8 Å². The average molecular weight is 344 g/mol. The van der Waals surface area contributed by atoms with Crippen molar-refractivity contribution in [2.75, 3.05) is 30.8 Å². The highest BCUT2D eigenvalue weighted by Crippen LogP contribution is 2.32. The Morgan fingerprint density at radius 1 is 0.960 bits per heavy atom. The zero-order chi connectivity index (χ0) is 18.4. The molecule has 1 aromatic heterocycles. The molecule has 1 aromatic carbocycles. The summed E-state index contributed by atoms with van der Waals surface area (Å²) in [6.45, 7) is 10.5. The summed E-state index contributed by atoms with van der Waals surface area (Å²) in [5, 5.41) is 0. The molecule has 136 valence electrons. The first-order chi connectivity index (χ1) is 11.9. The van der Waals surface area contributed by atoms with E-state index in [4.69, 9.17) is 15.2 Å². The first-order valence-corrected chi connectivity index (χ1v) is 8.58. The van der Waals surface area contributed by atoms with E-state index in [2.05, 4.69) is 42.6 Å². The highest BCUT2D eigenvalue weighted by atomic mass is 16.5. The average Bonchev–Trinajstić information content (AvgIpc) is 2.56. The van der Waals surface area contributed by atoms with Crippen LogP contribution in [0.4, 0.5) is 11.5 Å². The highest BCUT2D eigenvalue weighted by molar-refractivity contribution is 5.68. The lowest BCUT2D eigenvalue weighted by atomic mass is 10.1. The number of ether oxygens (including phenoxy) is 2. The molecule has 0 atom stereocenters. The predicted molar refractivity (Wildman–Crippen MR) is 101 cm³/mol. The van der Waals surface area contributed by atoms with Crippen LogP contribution < -0.4 is 20.1 Å². The Labute approximate surface area is 150 Å². The second-order valence-electron chi connectivity index (χ2n) is 6.89. The number of benzene rings is 1. The summed E-state index contributed by atoms with van der Waals surface area (Å²) in [7, 11) is 1.63. The van der Waals surface area contributed by atoms with Crippen LogP contribution in [0, 0.1) is 11.8 Å². The second-order valence-corrected chi connectivity index (χ2v) is 6.89. The lowest BCUT2D eigenvalue weighted by molar-refractivity contribution is 0.412. The molecule has 0 aliphatic carbocycles. The molecule has 2 aromatic rings. The van der Waals surface area contributed by atoms with E-state index in [1.54, 1.807) is 7.11 Å². The summed E-state index contributed by atoms with van der Waals surface area (Å²) in [5.41, 5.74) is 6.78. The number of hydrogen-bond acceptors (Lipinski definition) is 6. The van der Waals surface area contributed by atoms with Crippen LogP contribution >= 0.6 is 0 Å². The van der Waals surface area contributed by atoms with Crippen LogP contribution in [-0.4, -0.2) is 30.2 Å². The number of nitrogens with two attached hydrogens (primary N) is 1. The minimum Gasteiger partial charge on any atom is -0.497 e. The van der Waals surface area contributed by atoms with Crippen LogP contribution in [-0.2, 0) is 0 Å². The SMILES string of the molecule is COc1ccc(Oc2ncnc(N(CC(C)C)CC(C)C)c2N)cc1. The summed E-state index contributed by atoms with van der Waals surface area (Å²) in [5.74, 6) is 3.51. The lowest BCUT2D eigenvalue weighted by Gasteiger charge is -2.28. The van der Waals surface area contributed by atoms with Crippen molar-refractivity contribution >= 4 is 11.5 Å². The summed E-state index contributed by atoms with van der Waals surface area (Å²) in [6.07, 6.45) is 1.50. The molecule has 6 heteroatoms. The van der Waals surface area contributed by atoms with Gasteiger partial charge >= 0.3 is 0 Å². The third-order valence-corrected chi connectivity index (χ3v) is 3.57. The molecule has 25 heavy (non-hydrogen) atoms. The Balaban J connectivity index is 2.26. The Morgan fingerprint density at radius 3 is 2.04 bits per heavy atom. The zero-order valence-corrected chi connectivity index (χ0v) is 15.7. The monoisotopic (exact) mass is 344 g/mol. The number of anilines is 2. The molecule has 0 bridgehead atoms. The quantitative estimate of drug-likeness (QED) is 0.781. The van der Waals surface area contributed by atoms with Crippen LogP contribution in [0.15, 0.2) is 30.6 Å². The molecular weight excluding hydrogens is 316 g/mol. The molecule has 2 rings (SSSR count). The van der Waals surface area contributed by atoms with Crippen molar-refractivity contribution in [2.45, 2.75) is 27.7 Å². The number of rotatable bonds is 8. The smallest absolute Gasteiger partial charge is 0.248 e. The fourth-order valence-corrected chi connectivity index (χ4v) is 2.59.